The number of carbonyl (C=O) groups is 2. The van der Waals surface area contributed by atoms with E-state index in [9.17, 15) is 24.2 Å². The molecule has 0 saturated heterocycles. The Hall–Kier alpha value is -2.44. The summed E-state index contributed by atoms with van der Waals surface area (Å²) in [7, 11) is 1.46. The highest BCUT2D eigenvalue weighted by Crippen LogP contribution is 2.34. The fourth-order valence-electron chi connectivity index (χ4n) is 3.64. The van der Waals surface area contributed by atoms with Gasteiger partial charge in [0.15, 0.2) is 7.28 Å². The van der Waals surface area contributed by atoms with Gasteiger partial charge in [-0.1, -0.05) is 48.3 Å². The smallest absolute Gasteiger partial charge is 0.312 e. The number of carboxylic acid groups (broad SMARTS) is 1. The van der Waals surface area contributed by atoms with Gasteiger partial charge in [0.2, 0.25) is 0 Å². The summed E-state index contributed by atoms with van der Waals surface area (Å²) in [6, 6.07) is 11.6. The Kier molecular flexibility index (Phi) is 8.81. The maximum absolute atomic E-state index is 14.1. The number of allylic oxidation sites excluding steroid dienone is 1. The molecule has 0 spiro atoms. The molecule has 2 aromatic rings. The second-order valence-electron chi connectivity index (χ2n) is 7.44. The fraction of sp³-hybridized carbons (Fsp3) is 0.304. The van der Waals surface area contributed by atoms with Crippen LogP contribution in [0, 0.1) is 17.2 Å². The quantitative estimate of drug-likeness (QED) is 0.293. The summed E-state index contributed by atoms with van der Waals surface area (Å²) in [5.74, 6) is -1.64. The molecule has 2 atom stereocenters. The lowest BCUT2D eigenvalue weighted by Crippen LogP contribution is -2.37. The molecule has 0 bridgehead atoms. The van der Waals surface area contributed by atoms with Crippen molar-refractivity contribution in [2.24, 2.45) is 11.3 Å². The summed E-state index contributed by atoms with van der Waals surface area (Å²) < 4.78 is 14.1. The molecule has 2 N–H and O–H groups in total. The number of halogens is 2. The SMILES string of the molecule is C=CCC(CO)(C[C@H](C[B]C=O)Cc1ccc(-c2cc(Cl)ccc2F)cc1)C(=O)O. The van der Waals surface area contributed by atoms with Crippen LogP contribution in [0.3, 0.4) is 0 Å². The van der Waals surface area contributed by atoms with E-state index < -0.39 is 18.0 Å². The topological polar surface area (TPSA) is 74.6 Å². The average Bonchev–Trinajstić information content (AvgIpc) is 2.73. The summed E-state index contributed by atoms with van der Waals surface area (Å²) in [4.78, 5) is 22.7. The van der Waals surface area contributed by atoms with E-state index in [1.807, 2.05) is 12.1 Å². The molecule has 2 aromatic carbocycles. The van der Waals surface area contributed by atoms with Crippen molar-refractivity contribution in [3.05, 3.63) is 71.5 Å². The van der Waals surface area contributed by atoms with E-state index in [2.05, 4.69) is 6.58 Å². The Labute approximate surface area is 181 Å². The lowest BCUT2D eigenvalue weighted by molar-refractivity contribution is -0.152. The van der Waals surface area contributed by atoms with Gasteiger partial charge in [-0.3, -0.25) is 4.79 Å². The van der Waals surface area contributed by atoms with Gasteiger partial charge in [0.1, 0.15) is 5.82 Å². The van der Waals surface area contributed by atoms with E-state index >= 15 is 0 Å². The van der Waals surface area contributed by atoms with Gasteiger partial charge in [0.05, 0.1) is 18.2 Å². The van der Waals surface area contributed by atoms with Crippen LogP contribution in [0.2, 0.25) is 11.3 Å². The highest BCUT2D eigenvalue weighted by molar-refractivity contribution is 6.66. The monoisotopic (exact) mass is 429 g/mol. The van der Waals surface area contributed by atoms with E-state index in [0.717, 1.165) is 5.56 Å². The Morgan fingerprint density at radius 1 is 1.27 bits per heavy atom. The van der Waals surface area contributed by atoms with Crippen LogP contribution in [0.25, 0.3) is 11.1 Å². The molecule has 0 aromatic heterocycles. The lowest BCUT2D eigenvalue weighted by atomic mass is 9.65. The van der Waals surface area contributed by atoms with Crippen molar-refractivity contribution in [2.45, 2.75) is 25.6 Å². The molecule has 0 aliphatic heterocycles. The van der Waals surface area contributed by atoms with Crippen LogP contribution >= 0.6 is 11.6 Å². The highest BCUT2D eigenvalue weighted by Gasteiger charge is 2.38. The number of aliphatic carboxylic acids is 1. The number of rotatable bonds is 12. The first kappa shape index (κ1) is 23.8. The Morgan fingerprint density at radius 3 is 2.53 bits per heavy atom. The normalized spacial score (nSPS) is 13.8. The zero-order valence-corrected chi connectivity index (χ0v) is 17.3. The van der Waals surface area contributed by atoms with Gasteiger partial charge in [-0.05, 0) is 54.5 Å². The zero-order valence-electron chi connectivity index (χ0n) is 16.6. The van der Waals surface area contributed by atoms with Crippen molar-refractivity contribution in [3.8, 4) is 11.1 Å². The molecular formula is C23H24BClFO4. The summed E-state index contributed by atoms with van der Waals surface area (Å²) >= 11 is 5.97. The molecule has 1 radical (unpaired) electrons. The molecule has 0 aliphatic rings. The van der Waals surface area contributed by atoms with Crippen LogP contribution in [0.15, 0.2) is 55.1 Å². The number of aliphatic hydroxyl groups is 1. The standard InChI is InChI=1S/C23H24BClFO4/c1-2-9-23(14-27,22(29)30)12-17(13-24-15-28)10-16-3-5-18(6-4-16)20-11-19(25)7-8-21(20)26/h2-8,11,15,17,27H,1,9-10,12-14H2,(H,29,30)/t17-,23?/m1/s1. The first-order chi connectivity index (χ1) is 14.3. The van der Waals surface area contributed by atoms with E-state index in [-0.39, 0.29) is 24.6 Å². The Balaban J connectivity index is 2.23. The minimum atomic E-state index is -1.34. The summed E-state index contributed by atoms with van der Waals surface area (Å²) in [6.45, 7) is 3.09. The maximum atomic E-state index is 14.1. The number of hydrogen-bond acceptors (Lipinski definition) is 3. The van der Waals surface area contributed by atoms with Gasteiger partial charge in [-0.2, -0.15) is 0 Å². The summed E-state index contributed by atoms with van der Waals surface area (Å²) in [6.07, 6.45) is 3.39. The van der Waals surface area contributed by atoms with Crippen LogP contribution in [-0.2, 0) is 16.0 Å². The highest BCUT2D eigenvalue weighted by atomic mass is 35.5. The molecule has 157 valence electrons. The van der Waals surface area contributed by atoms with E-state index in [1.165, 1.54) is 25.5 Å². The van der Waals surface area contributed by atoms with Gasteiger partial charge in [-0.25, -0.2) is 4.39 Å². The van der Waals surface area contributed by atoms with Crippen LogP contribution in [-0.4, -0.2) is 36.3 Å². The molecule has 2 rings (SSSR count). The van der Waals surface area contributed by atoms with Crippen molar-refractivity contribution < 1.29 is 24.2 Å². The van der Waals surface area contributed by atoms with Crippen molar-refractivity contribution >= 4 is 31.0 Å². The average molecular weight is 430 g/mol. The molecule has 1 unspecified atom stereocenters. The van der Waals surface area contributed by atoms with Crippen molar-refractivity contribution in [3.63, 3.8) is 0 Å². The van der Waals surface area contributed by atoms with Crippen molar-refractivity contribution in [2.75, 3.05) is 6.61 Å². The second-order valence-corrected chi connectivity index (χ2v) is 7.88. The van der Waals surface area contributed by atoms with Crippen molar-refractivity contribution in [1.29, 1.82) is 0 Å². The van der Waals surface area contributed by atoms with Crippen LogP contribution in [0.4, 0.5) is 4.39 Å². The van der Waals surface area contributed by atoms with E-state index in [0.29, 0.717) is 35.1 Å². The predicted octanol–water partition coefficient (Wildman–Crippen LogP) is 4.65. The number of benzene rings is 2. The van der Waals surface area contributed by atoms with Gasteiger partial charge < -0.3 is 15.0 Å². The van der Waals surface area contributed by atoms with Gasteiger partial charge in [-0.15, -0.1) is 6.58 Å². The predicted molar refractivity (Wildman–Crippen MR) is 118 cm³/mol. The molecule has 30 heavy (non-hydrogen) atoms. The first-order valence-corrected chi connectivity index (χ1v) is 9.99. The lowest BCUT2D eigenvalue weighted by Gasteiger charge is -2.30. The third-order valence-corrected chi connectivity index (χ3v) is 5.49. The molecule has 0 fully saturated rings. The van der Waals surface area contributed by atoms with Crippen LogP contribution in [0.1, 0.15) is 18.4 Å². The Bertz CT molecular complexity index is 887. The second kappa shape index (κ2) is 11.1. The molecule has 0 heterocycles. The van der Waals surface area contributed by atoms with Gasteiger partial charge >= 0.3 is 5.97 Å². The minimum Gasteiger partial charge on any atom is -0.481 e. The fourth-order valence-corrected chi connectivity index (χ4v) is 3.81. The van der Waals surface area contributed by atoms with Crippen LogP contribution in [0.5, 0.6) is 0 Å². The number of carbonyl (C=O) groups excluding carboxylic acids is 1. The summed E-state index contributed by atoms with van der Waals surface area (Å²) in [5.41, 5.74) is 0.654. The van der Waals surface area contributed by atoms with Gasteiger partial charge in [0, 0.05) is 10.6 Å². The maximum Gasteiger partial charge on any atom is 0.312 e. The minimum absolute atomic E-state index is 0.128. The number of hydrogen-bond donors (Lipinski definition) is 2. The largest absolute Gasteiger partial charge is 0.481 e. The van der Waals surface area contributed by atoms with Crippen molar-refractivity contribution in [1.82, 2.24) is 0 Å². The van der Waals surface area contributed by atoms with E-state index in [1.54, 1.807) is 18.2 Å². The third kappa shape index (κ3) is 6.03. The molecule has 0 aliphatic carbocycles. The van der Waals surface area contributed by atoms with E-state index in [4.69, 9.17) is 11.6 Å². The molecule has 4 nitrogen and oxygen atoms in total. The Morgan fingerprint density at radius 2 is 1.97 bits per heavy atom. The molecular weight excluding hydrogens is 406 g/mol. The number of carboxylic acids is 1. The summed E-state index contributed by atoms with van der Waals surface area (Å²) in [5, 5.41) is 19.9. The first-order valence-electron chi connectivity index (χ1n) is 9.61. The van der Waals surface area contributed by atoms with Gasteiger partial charge in [0.25, 0.3) is 0 Å². The third-order valence-electron chi connectivity index (χ3n) is 5.25. The molecule has 7 heteroatoms. The molecule has 0 saturated carbocycles. The van der Waals surface area contributed by atoms with Crippen LogP contribution < -0.4 is 0 Å². The zero-order chi connectivity index (χ0) is 22.1. The number of aliphatic hydroxyl groups excluding tert-OH is 1. The molecule has 0 amide bonds.